The number of nitrogens with zero attached hydrogens (tertiary/aromatic N) is 3. The summed E-state index contributed by atoms with van der Waals surface area (Å²) in [6.07, 6.45) is 7.61. The minimum absolute atomic E-state index is 0.139. The Labute approximate surface area is 130 Å². The second kappa shape index (κ2) is 6.29. The molecular formula is C14H20N4O3S. The van der Waals surface area contributed by atoms with E-state index >= 15 is 0 Å². The summed E-state index contributed by atoms with van der Waals surface area (Å²) < 4.78 is 25.9. The molecule has 1 amide bonds. The second-order valence-corrected chi connectivity index (χ2v) is 8.10. The number of piperidine rings is 1. The fourth-order valence-corrected chi connectivity index (χ4v) is 4.56. The molecule has 0 atom stereocenters. The molecule has 0 radical (unpaired) electrons. The average molecular weight is 324 g/mol. The maximum atomic E-state index is 12.1. The van der Waals surface area contributed by atoms with E-state index in [9.17, 15) is 13.2 Å². The van der Waals surface area contributed by atoms with Crippen molar-refractivity contribution in [2.24, 2.45) is 5.92 Å². The first-order valence-electron chi connectivity index (χ1n) is 7.60. The smallest absolute Gasteiger partial charge is 0.271 e. The van der Waals surface area contributed by atoms with Crippen molar-refractivity contribution in [1.82, 2.24) is 19.6 Å². The minimum atomic E-state index is -3.06. The summed E-state index contributed by atoms with van der Waals surface area (Å²) in [5.74, 6) is 0.0763. The largest absolute Gasteiger partial charge is 0.350 e. The quantitative estimate of drug-likeness (QED) is 0.847. The molecule has 7 nitrogen and oxygen atoms in total. The van der Waals surface area contributed by atoms with Gasteiger partial charge < -0.3 is 5.32 Å². The number of aromatic nitrogens is 2. The van der Waals surface area contributed by atoms with E-state index in [1.54, 1.807) is 4.31 Å². The zero-order valence-corrected chi connectivity index (χ0v) is 13.1. The van der Waals surface area contributed by atoms with Gasteiger partial charge in [-0.05, 0) is 31.6 Å². The van der Waals surface area contributed by atoms with Crippen molar-refractivity contribution in [3.05, 3.63) is 24.3 Å². The molecule has 1 saturated heterocycles. The Bertz CT molecular complexity index is 623. The first-order chi connectivity index (χ1) is 10.6. The van der Waals surface area contributed by atoms with Gasteiger partial charge in [0.1, 0.15) is 5.69 Å². The van der Waals surface area contributed by atoms with Crippen molar-refractivity contribution in [2.75, 3.05) is 19.6 Å². The van der Waals surface area contributed by atoms with E-state index in [2.05, 4.69) is 15.3 Å². The number of sulfonamides is 1. The summed E-state index contributed by atoms with van der Waals surface area (Å²) in [4.78, 5) is 19.7. The van der Waals surface area contributed by atoms with Crippen LogP contribution in [0.1, 0.15) is 36.2 Å². The molecule has 3 rings (SSSR count). The molecule has 22 heavy (non-hydrogen) atoms. The SMILES string of the molecule is O=C(NCC1CCN(S(=O)(=O)C2CC2)CC1)c1cnccn1. The molecule has 0 spiro atoms. The van der Waals surface area contributed by atoms with Crippen LogP contribution in [0.3, 0.4) is 0 Å². The standard InChI is InChI=1S/C14H20N4O3S/c19-14(13-10-15-5-6-16-13)17-9-11-3-7-18(8-4-11)22(20,21)12-1-2-12/h5-6,10-12H,1-4,7-9H2,(H,17,19). The molecule has 0 bridgehead atoms. The molecule has 1 aromatic heterocycles. The van der Waals surface area contributed by atoms with E-state index in [0.29, 0.717) is 31.2 Å². The Morgan fingerprint density at radius 1 is 1.23 bits per heavy atom. The predicted molar refractivity (Wildman–Crippen MR) is 80.6 cm³/mol. The van der Waals surface area contributed by atoms with Crippen LogP contribution in [0, 0.1) is 5.92 Å². The van der Waals surface area contributed by atoms with Crippen molar-refractivity contribution in [3.63, 3.8) is 0 Å². The van der Waals surface area contributed by atoms with Crippen LogP contribution in [0.2, 0.25) is 0 Å². The van der Waals surface area contributed by atoms with Crippen LogP contribution in [0.15, 0.2) is 18.6 Å². The normalized spacial score (nSPS) is 20.7. The van der Waals surface area contributed by atoms with Crippen LogP contribution in [0.25, 0.3) is 0 Å². The van der Waals surface area contributed by atoms with Crippen LogP contribution >= 0.6 is 0 Å². The molecule has 0 unspecified atom stereocenters. The van der Waals surface area contributed by atoms with Gasteiger partial charge in [0.05, 0.1) is 11.4 Å². The molecule has 0 aromatic carbocycles. The third kappa shape index (κ3) is 3.44. The van der Waals surface area contributed by atoms with Crippen LogP contribution in [-0.4, -0.2) is 53.5 Å². The fraction of sp³-hybridized carbons (Fsp3) is 0.643. The number of amides is 1. The zero-order valence-electron chi connectivity index (χ0n) is 12.3. The first kappa shape index (κ1) is 15.4. The van der Waals surface area contributed by atoms with Gasteiger partial charge in [-0.1, -0.05) is 0 Å². The summed E-state index contributed by atoms with van der Waals surface area (Å²) in [6, 6.07) is 0. The zero-order chi connectivity index (χ0) is 15.6. The van der Waals surface area contributed by atoms with Gasteiger partial charge in [-0.15, -0.1) is 0 Å². The number of rotatable bonds is 5. The Morgan fingerprint density at radius 2 is 1.95 bits per heavy atom. The monoisotopic (exact) mass is 324 g/mol. The Hall–Kier alpha value is -1.54. The summed E-state index contributed by atoms with van der Waals surface area (Å²) in [7, 11) is -3.06. The molecule has 1 aliphatic heterocycles. The molecule has 1 saturated carbocycles. The van der Waals surface area contributed by atoms with E-state index in [0.717, 1.165) is 25.7 Å². The second-order valence-electron chi connectivity index (χ2n) is 5.89. The summed E-state index contributed by atoms with van der Waals surface area (Å²) in [6.45, 7) is 1.67. The van der Waals surface area contributed by atoms with Gasteiger partial charge in [-0.25, -0.2) is 17.7 Å². The molecule has 120 valence electrons. The minimum Gasteiger partial charge on any atom is -0.350 e. The summed E-state index contributed by atoms with van der Waals surface area (Å²) >= 11 is 0. The lowest BCUT2D eigenvalue weighted by atomic mass is 9.98. The third-order valence-electron chi connectivity index (χ3n) is 4.23. The third-order valence-corrected chi connectivity index (χ3v) is 6.62. The van der Waals surface area contributed by atoms with E-state index < -0.39 is 10.0 Å². The van der Waals surface area contributed by atoms with Crippen molar-refractivity contribution in [3.8, 4) is 0 Å². The van der Waals surface area contributed by atoms with Gasteiger partial charge in [0, 0.05) is 32.0 Å². The van der Waals surface area contributed by atoms with Crippen LogP contribution in [0.4, 0.5) is 0 Å². The fourth-order valence-electron chi connectivity index (χ4n) is 2.69. The average Bonchev–Trinajstić information content (AvgIpc) is 3.39. The molecule has 2 fully saturated rings. The number of carbonyl (C=O) groups excluding carboxylic acids is 1. The van der Waals surface area contributed by atoms with Gasteiger partial charge in [-0.2, -0.15) is 0 Å². The highest BCUT2D eigenvalue weighted by Gasteiger charge is 2.41. The van der Waals surface area contributed by atoms with E-state index in [1.807, 2.05) is 0 Å². The molecule has 1 aliphatic carbocycles. The van der Waals surface area contributed by atoms with Crippen molar-refractivity contribution in [1.29, 1.82) is 0 Å². The van der Waals surface area contributed by atoms with Crippen LogP contribution < -0.4 is 5.32 Å². The molecule has 2 heterocycles. The Kier molecular flexibility index (Phi) is 4.39. The first-order valence-corrected chi connectivity index (χ1v) is 9.11. The van der Waals surface area contributed by atoms with Gasteiger partial charge in [0.15, 0.2) is 0 Å². The predicted octanol–water partition coefficient (Wildman–Crippen LogP) is 0.411. The number of hydrogen-bond donors (Lipinski definition) is 1. The van der Waals surface area contributed by atoms with Gasteiger partial charge >= 0.3 is 0 Å². The topological polar surface area (TPSA) is 92.3 Å². The number of hydrogen-bond acceptors (Lipinski definition) is 5. The number of nitrogens with one attached hydrogen (secondary N) is 1. The van der Waals surface area contributed by atoms with Gasteiger partial charge in [-0.3, -0.25) is 9.78 Å². The van der Waals surface area contributed by atoms with Crippen LogP contribution in [-0.2, 0) is 10.0 Å². The summed E-state index contributed by atoms with van der Waals surface area (Å²) in [5, 5.41) is 2.71. The highest BCUT2D eigenvalue weighted by atomic mass is 32.2. The van der Waals surface area contributed by atoms with Crippen molar-refractivity contribution >= 4 is 15.9 Å². The van der Waals surface area contributed by atoms with Crippen molar-refractivity contribution < 1.29 is 13.2 Å². The van der Waals surface area contributed by atoms with Gasteiger partial charge in [0.25, 0.3) is 5.91 Å². The highest BCUT2D eigenvalue weighted by Crippen LogP contribution is 2.32. The lowest BCUT2D eigenvalue weighted by Gasteiger charge is -2.31. The lowest BCUT2D eigenvalue weighted by Crippen LogP contribution is -2.42. The number of carbonyl (C=O) groups is 1. The Morgan fingerprint density at radius 3 is 2.55 bits per heavy atom. The molecule has 1 aromatic rings. The maximum Gasteiger partial charge on any atom is 0.271 e. The lowest BCUT2D eigenvalue weighted by molar-refractivity contribution is 0.0936. The summed E-state index contributed by atoms with van der Waals surface area (Å²) in [5.41, 5.74) is 0.302. The molecule has 1 N–H and O–H groups in total. The Balaban J connectivity index is 1.45. The highest BCUT2D eigenvalue weighted by molar-refractivity contribution is 7.90. The van der Waals surface area contributed by atoms with E-state index in [4.69, 9.17) is 0 Å². The maximum absolute atomic E-state index is 12.1. The van der Waals surface area contributed by atoms with Crippen molar-refractivity contribution in [2.45, 2.75) is 30.9 Å². The molecule has 2 aliphatic rings. The van der Waals surface area contributed by atoms with Crippen LogP contribution in [0.5, 0.6) is 0 Å². The van der Waals surface area contributed by atoms with E-state index in [-0.39, 0.29) is 11.2 Å². The van der Waals surface area contributed by atoms with E-state index in [1.165, 1.54) is 18.6 Å². The van der Waals surface area contributed by atoms with Gasteiger partial charge in [0.2, 0.25) is 10.0 Å². The molecular weight excluding hydrogens is 304 g/mol. The molecule has 8 heteroatoms.